The number of nitrogens with zero attached hydrogens (tertiary/aromatic N) is 1. The lowest BCUT2D eigenvalue weighted by atomic mass is 10.1. The van der Waals surface area contributed by atoms with E-state index in [0.717, 1.165) is 36.9 Å². The third-order valence-corrected chi connectivity index (χ3v) is 3.00. The number of ether oxygens (including phenoxy) is 1. The van der Waals surface area contributed by atoms with Crippen molar-refractivity contribution in [2.45, 2.75) is 13.3 Å². The maximum Gasteiger partial charge on any atom is 0.128 e. The first kappa shape index (κ1) is 14.2. The second kappa shape index (κ2) is 7.38. The quantitative estimate of drug-likeness (QED) is 0.812. The highest BCUT2D eigenvalue weighted by Crippen LogP contribution is 2.18. The minimum absolute atomic E-state index is 0.822. The number of nitrogens with one attached hydrogen (secondary N) is 2. The van der Waals surface area contributed by atoms with Crippen LogP contribution in [0.15, 0.2) is 42.5 Å². The van der Waals surface area contributed by atoms with Crippen molar-refractivity contribution in [3.8, 4) is 5.75 Å². The van der Waals surface area contributed by atoms with E-state index in [9.17, 15) is 0 Å². The molecule has 0 amide bonds. The standard InChI is InChI=1S/C16H21N3O/c1-3-17-15-9-6-10-16(19-15)18-12-11-13-7-4-5-8-14(13)20-2/h4-10H,3,11-12H2,1-2H3,(H2,17,18,19). The summed E-state index contributed by atoms with van der Waals surface area (Å²) in [6.45, 7) is 3.75. The van der Waals surface area contributed by atoms with Crippen molar-refractivity contribution in [2.75, 3.05) is 30.8 Å². The van der Waals surface area contributed by atoms with Gasteiger partial charge in [0.2, 0.25) is 0 Å². The lowest BCUT2D eigenvalue weighted by Gasteiger charge is -2.10. The first-order chi connectivity index (χ1) is 9.83. The summed E-state index contributed by atoms with van der Waals surface area (Å²) in [5.41, 5.74) is 1.20. The van der Waals surface area contributed by atoms with Gasteiger partial charge in [-0.25, -0.2) is 4.98 Å². The Labute approximate surface area is 120 Å². The molecule has 2 N–H and O–H groups in total. The second-order valence-corrected chi connectivity index (χ2v) is 4.43. The molecule has 1 aromatic heterocycles. The monoisotopic (exact) mass is 271 g/mol. The molecule has 106 valence electrons. The number of rotatable bonds is 7. The molecule has 0 unspecified atom stereocenters. The summed E-state index contributed by atoms with van der Waals surface area (Å²) in [6.07, 6.45) is 0.900. The predicted molar refractivity (Wildman–Crippen MR) is 83.6 cm³/mol. The van der Waals surface area contributed by atoms with E-state index in [1.807, 2.05) is 36.4 Å². The molecule has 0 aliphatic heterocycles. The van der Waals surface area contributed by atoms with Gasteiger partial charge in [-0.2, -0.15) is 0 Å². The number of para-hydroxylation sites is 1. The molecule has 0 fully saturated rings. The zero-order valence-electron chi connectivity index (χ0n) is 12.0. The summed E-state index contributed by atoms with van der Waals surface area (Å²) in [6, 6.07) is 14.0. The number of anilines is 2. The van der Waals surface area contributed by atoms with E-state index in [0.29, 0.717) is 0 Å². The zero-order valence-corrected chi connectivity index (χ0v) is 12.0. The normalized spacial score (nSPS) is 10.1. The molecule has 4 nitrogen and oxygen atoms in total. The van der Waals surface area contributed by atoms with E-state index < -0.39 is 0 Å². The number of methoxy groups -OCH3 is 1. The molecule has 20 heavy (non-hydrogen) atoms. The average Bonchev–Trinajstić information content (AvgIpc) is 2.48. The smallest absolute Gasteiger partial charge is 0.128 e. The Kier molecular flexibility index (Phi) is 5.24. The van der Waals surface area contributed by atoms with E-state index in [2.05, 4.69) is 28.6 Å². The summed E-state index contributed by atoms with van der Waals surface area (Å²) >= 11 is 0. The summed E-state index contributed by atoms with van der Waals surface area (Å²) in [5, 5.41) is 6.54. The van der Waals surface area contributed by atoms with Crippen LogP contribution in [-0.2, 0) is 6.42 Å². The highest BCUT2D eigenvalue weighted by atomic mass is 16.5. The summed E-state index contributed by atoms with van der Waals surface area (Å²) in [5.74, 6) is 2.72. The van der Waals surface area contributed by atoms with Crippen LogP contribution in [0.5, 0.6) is 5.75 Å². The highest BCUT2D eigenvalue weighted by Gasteiger charge is 2.01. The topological polar surface area (TPSA) is 46.2 Å². The van der Waals surface area contributed by atoms with Gasteiger partial charge in [0.15, 0.2) is 0 Å². The lowest BCUT2D eigenvalue weighted by Crippen LogP contribution is -2.08. The van der Waals surface area contributed by atoms with Gasteiger partial charge in [-0.3, -0.25) is 0 Å². The van der Waals surface area contributed by atoms with Gasteiger partial charge in [0.1, 0.15) is 17.4 Å². The van der Waals surface area contributed by atoms with Gasteiger partial charge >= 0.3 is 0 Å². The third kappa shape index (κ3) is 3.88. The van der Waals surface area contributed by atoms with Crippen LogP contribution in [0.1, 0.15) is 12.5 Å². The van der Waals surface area contributed by atoms with Crippen LogP contribution in [0.25, 0.3) is 0 Å². The molecule has 0 spiro atoms. The van der Waals surface area contributed by atoms with Crippen LogP contribution in [0, 0.1) is 0 Å². The predicted octanol–water partition coefficient (Wildman–Crippen LogP) is 3.18. The van der Waals surface area contributed by atoms with Crippen LogP contribution in [0.4, 0.5) is 11.6 Å². The van der Waals surface area contributed by atoms with Crippen LogP contribution in [0.2, 0.25) is 0 Å². The van der Waals surface area contributed by atoms with Gasteiger partial charge in [-0.1, -0.05) is 24.3 Å². The molecule has 0 radical (unpaired) electrons. The van der Waals surface area contributed by atoms with Crippen molar-refractivity contribution in [3.05, 3.63) is 48.0 Å². The molecule has 0 atom stereocenters. The fourth-order valence-corrected chi connectivity index (χ4v) is 2.05. The van der Waals surface area contributed by atoms with Crippen molar-refractivity contribution >= 4 is 11.6 Å². The molecule has 0 saturated carbocycles. The number of benzene rings is 1. The molecule has 4 heteroatoms. The molecule has 1 heterocycles. The third-order valence-electron chi connectivity index (χ3n) is 3.00. The first-order valence-electron chi connectivity index (χ1n) is 6.90. The van der Waals surface area contributed by atoms with Gasteiger partial charge < -0.3 is 15.4 Å². The van der Waals surface area contributed by atoms with E-state index >= 15 is 0 Å². The number of pyridine rings is 1. The van der Waals surface area contributed by atoms with Gasteiger partial charge in [-0.15, -0.1) is 0 Å². The number of hydrogen-bond acceptors (Lipinski definition) is 4. The first-order valence-corrected chi connectivity index (χ1v) is 6.90. The Bertz CT molecular complexity index is 543. The highest BCUT2D eigenvalue weighted by molar-refractivity contribution is 5.45. The Morgan fingerprint density at radius 1 is 1.00 bits per heavy atom. The largest absolute Gasteiger partial charge is 0.496 e. The van der Waals surface area contributed by atoms with Crippen molar-refractivity contribution < 1.29 is 4.74 Å². The van der Waals surface area contributed by atoms with Gasteiger partial charge in [-0.05, 0) is 37.1 Å². The maximum absolute atomic E-state index is 5.35. The van der Waals surface area contributed by atoms with Gasteiger partial charge in [0.05, 0.1) is 7.11 Å². The molecular weight excluding hydrogens is 250 g/mol. The second-order valence-electron chi connectivity index (χ2n) is 4.43. The fraction of sp³-hybridized carbons (Fsp3) is 0.312. The molecule has 0 saturated heterocycles. The Hall–Kier alpha value is -2.23. The molecular formula is C16H21N3O. The molecule has 1 aromatic carbocycles. The Morgan fingerprint density at radius 2 is 1.75 bits per heavy atom. The molecule has 2 rings (SSSR count). The van der Waals surface area contributed by atoms with Crippen molar-refractivity contribution in [1.29, 1.82) is 0 Å². The van der Waals surface area contributed by atoms with Crippen molar-refractivity contribution in [2.24, 2.45) is 0 Å². The molecule has 0 bridgehead atoms. The van der Waals surface area contributed by atoms with Gasteiger partial charge in [0, 0.05) is 13.1 Å². The Morgan fingerprint density at radius 3 is 2.50 bits per heavy atom. The minimum atomic E-state index is 0.822. The van der Waals surface area contributed by atoms with E-state index in [4.69, 9.17) is 4.74 Å². The summed E-state index contributed by atoms with van der Waals surface area (Å²) in [7, 11) is 1.70. The van der Waals surface area contributed by atoms with E-state index in [-0.39, 0.29) is 0 Å². The van der Waals surface area contributed by atoms with Crippen LogP contribution < -0.4 is 15.4 Å². The fourth-order valence-electron chi connectivity index (χ4n) is 2.05. The van der Waals surface area contributed by atoms with Crippen LogP contribution in [0.3, 0.4) is 0 Å². The van der Waals surface area contributed by atoms with Gasteiger partial charge in [0.25, 0.3) is 0 Å². The minimum Gasteiger partial charge on any atom is -0.496 e. The Balaban J connectivity index is 1.91. The zero-order chi connectivity index (χ0) is 14.2. The molecule has 2 aromatic rings. The van der Waals surface area contributed by atoms with Crippen LogP contribution >= 0.6 is 0 Å². The molecule has 0 aliphatic carbocycles. The van der Waals surface area contributed by atoms with Crippen molar-refractivity contribution in [1.82, 2.24) is 4.98 Å². The SMILES string of the molecule is CCNc1cccc(NCCc2ccccc2OC)n1. The lowest BCUT2D eigenvalue weighted by molar-refractivity contribution is 0.410. The maximum atomic E-state index is 5.35. The van der Waals surface area contributed by atoms with E-state index in [1.165, 1.54) is 5.56 Å². The number of hydrogen-bond donors (Lipinski definition) is 2. The van der Waals surface area contributed by atoms with Crippen LogP contribution in [-0.4, -0.2) is 25.2 Å². The number of aromatic nitrogens is 1. The van der Waals surface area contributed by atoms with Crippen molar-refractivity contribution in [3.63, 3.8) is 0 Å². The molecule has 0 aliphatic rings. The summed E-state index contributed by atoms with van der Waals surface area (Å²) in [4.78, 5) is 4.48. The summed E-state index contributed by atoms with van der Waals surface area (Å²) < 4.78 is 5.35. The average molecular weight is 271 g/mol. The van der Waals surface area contributed by atoms with E-state index in [1.54, 1.807) is 7.11 Å².